The lowest BCUT2D eigenvalue weighted by atomic mass is 10.0. The summed E-state index contributed by atoms with van der Waals surface area (Å²) < 4.78 is 68.8. The highest BCUT2D eigenvalue weighted by Crippen LogP contribution is 2.15. The minimum atomic E-state index is -0.163. The van der Waals surface area contributed by atoms with E-state index >= 15 is 0 Å². The predicted molar refractivity (Wildman–Crippen MR) is 422 cm³/mol. The summed E-state index contributed by atoms with van der Waals surface area (Å²) in [6.07, 6.45) is 37.2. The van der Waals surface area contributed by atoms with Crippen molar-refractivity contribution in [3.8, 4) is 0 Å². The number of carbonyl (C=O) groups is 7. The molecule has 0 radical (unpaired) electrons. The normalized spacial score (nSPS) is 11.4. The molecule has 29 heteroatoms. The second kappa shape index (κ2) is 81.0. The topological polar surface area (TPSA) is 336 Å². The number of nitrogens with zero attached hydrogens (tertiary/aromatic N) is 4. The molecule has 1 aromatic rings. The summed E-state index contributed by atoms with van der Waals surface area (Å²) in [6.45, 7) is 19.8. The average Bonchev–Trinajstić information content (AvgIpc) is 1.78. The Morgan fingerprint density at radius 3 is 0.798 bits per heavy atom. The summed E-state index contributed by atoms with van der Waals surface area (Å²) in [5.74, 6) is -0.338. The molecule has 0 aliphatic rings. The van der Waals surface area contributed by atoms with Crippen molar-refractivity contribution in [3.63, 3.8) is 0 Å². The third-order valence-electron chi connectivity index (χ3n) is 17.6. The largest absolute Gasteiger partial charge is 0.379 e. The number of hydrogen-bond donors (Lipinski definition) is 6. The van der Waals surface area contributed by atoms with Gasteiger partial charge in [-0.25, -0.2) is 0 Å². The fourth-order valence-electron chi connectivity index (χ4n) is 11.1. The minimum Gasteiger partial charge on any atom is -0.379 e. The molecule has 1 aromatic heterocycles. The Balaban J connectivity index is 1.98. The molecular formula is C80H152N10O19. The molecular weight excluding hydrogens is 1400 g/mol. The second-order valence-corrected chi connectivity index (χ2v) is 27.6. The van der Waals surface area contributed by atoms with Gasteiger partial charge >= 0.3 is 0 Å². The van der Waals surface area contributed by atoms with Crippen molar-refractivity contribution in [3.05, 3.63) is 11.9 Å². The van der Waals surface area contributed by atoms with E-state index in [2.05, 4.69) is 56.1 Å². The molecule has 0 fully saturated rings. The van der Waals surface area contributed by atoms with Crippen LogP contribution in [0.1, 0.15) is 251 Å². The summed E-state index contributed by atoms with van der Waals surface area (Å²) >= 11 is 0. The molecule has 1 heterocycles. The van der Waals surface area contributed by atoms with E-state index in [9.17, 15) is 33.6 Å². The standard InChI is InChI=1S/C80H152N10O19/c1-5-7-9-11-13-15-17-19-21-23-25-27-29-31-74(91)81-40-53-102-55-42-85-76(93)34-47-98-51-38-83-78(95)36-49-100-59-63-106-67-69-108-65-61-104-57-45-89(80(97)33-44-90-71-73(72(3)4)87-88-90)46-58-105-62-66-109-70-68-107-64-60-101-50-37-79(96)84-39-52-99-48-35-77(94)86-43-56-103-54-41-82-75(92)32-30-28-26-24-22-20-18-16-14-12-10-8-6-2/h71-72H,5-70H2,1-4H3,(H,81,91)(H,82,92)(H,83,95)(H,84,96)(H,85,93)(H,86,94). The van der Waals surface area contributed by atoms with E-state index in [-0.39, 0.29) is 119 Å². The predicted octanol–water partition coefficient (Wildman–Crippen LogP) is 9.04. The van der Waals surface area contributed by atoms with Crippen molar-refractivity contribution in [1.82, 2.24) is 51.8 Å². The van der Waals surface area contributed by atoms with E-state index in [1.807, 2.05) is 20.0 Å². The van der Waals surface area contributed by atoms with Crippen molar-refractivity contribution in [2.75, 3.05) is 211 Å². The SMILES string of the molecule is CCCCCCCCCCCCCCCC(=O)NCCOCCNC(=O)CCOCCNC(=O)CCOCCOCCOCCOCCN(CCOCCOCCOCCOCCC(=O)NCCOCCC(=O)NCCOCCNC(=O)CCCCCCCCCCCCCCC)C(=O)CCn1cc(C(C)C)nn1. The van der Waals surface area contributed by atoms with Gasteiger partial charge in [0.25, 0.3) is 0 Å². The first kappa shape index (κ1) is 102. The first-order chi connectivity index (χ1) is 53.4. The molecule has 7 amide bonds. The van der Waals surface area contributed by atoms with Crippen LogP contribution < -0.4 is 31.9 Å². The number of nitrogens with one attached hydrogen (secondary N) is 6. The smallest absolute Gasteiger partial charge is 0.224 e. The molecule has 0 aromatic carbocycles. The van der Waals surface area contributed by atoms with E-state index in [0.717, 1.165) is 31.4 Å². The zero-order valence-corrected chi connectivity index (χ0v) is 68.4. The number of ether oxygens (including phenoxy) is 12. The highest BCUT2D eigenvalue weighted by atomic mass is 16.6. The summed E-state index contributed by atoms with van der Waals surface area (Å²) in [6, 6.07) is 0. The zero-order chi connectivity index (χ0) is 78.9. The van der Waals surface area contributed by atoms with Gasteiger partial charge in [0.1, 0.15) is 0 Å². The molecule has 0 saturated heterocycles. The summed E-state index contributed by atoms with van der Waals surface area (Å²) in [4.78, 5) is 87.9. The molecule has 0 unspecified atom stereocenters. The van der Waals surface area contributed by atoms with Crippen molar-refractivity contribution in [2.45, 2.75) is 252 Å². The van der Waals surface area contributed by atoms with Gasteiger partial charge in [0.15, 0.2) is 0 Å². The van der Waals surface area contributed by atoms with E-state index in [4.69, 9.17) is 56.8 Å². The lowest BCUT2D eigenvalue weighted by Gasteiger charge is -2.23. The molecule has 0 saturated carbocycles. The molecule has 29 nitrogen and oxygen atoms in total. The van der Waals surface area contributed by atoms with Crippen LogP contribution in [0.4, 0.5) is 0 Å². The number of aromatic nitrogens is 3. The van der Waals surface area contributed by atoms with Crippen molar-refractivity contribution < 1.29 is 90.4 Å². The highest BCUT2D eigenvalue weighted by molar-refractivity contribution is 5.78. The Kier molecular flexibility index (Phi) is 75.8. The van der Waals surface area contributed by atoms with Gasteiger partial charge in [-0.1, -0.05) is 187 Å². The van der Waals surface area contributed by atoms with Crippen LogP contribution in [0, 0.1) is 0 Å². The van der Waals surface area contributed by atoms with Gasteiger partial charge in [-0.05, 0) is 18.8 Å². The van der Waals surface area contributed by atoms with Gasteiger partial charge in [0.05, 0.1) is 171 Å². The molecule has 0 atom stereocenters. The molecule has 0 bridgehead atoms. The van der Waals surface area contributed by atoms with Gasteiger partial charge < -0.3 is 93.6 Å². The third kappa shape index (κ3) is 74.1. The van der Waals surface area contributed by atoms with Gasteiger partial charge in [-0.15, -0.1) is 5.10 Å². The van der Waals surface area contributed by atoms with E-state index in [0.29, 0.717) is 191 Å². The molecule has 0 aliphatic carbocycles. The van der Waals surface area contributed by atoms with Crippen LogP contribution in [0.5, 0.6) is 0 Å². The summed E-state index contributed by atoms with van der Waals surface area (Å²) in [7, 11) is 0. The molecule has 109 heavy (non-hydrogen) atoms. The Hall–Kier alpha value is -5.05. The molecule has 636 valence electrons. The Bertz CT molecular complexity index is 2140. The van der Waals surface area contributed by atoms with Crippen LogP contribution >= 0.6 is 0 Å². The first-order valence-electron chi connectivity index (χ1n) is 42.2. The lowest BCUT2D eigenvalue weighted by molar-refractivity contribution is -0.133. The van der Waals surface area contributed by atoms with Gasteiger partial charge in [-0.2, -0.15) is 0 Å². The summed E-state index contributed by atoms with van der Waals surface area (Å²) in [5.41, 5.74) is 0.865. The van der Waals surface area contributed by atoms with E-state index < -0.39 is 0 Å². The Morgan fingerprint density at radius 1 is 0.303 bits per heavy atom. The Morgan fingerprint density at radius 2 is 0.532 bits per heavy atom. The summed E-state index contributed by atoms with van der Waals surface area (Å²) in [5, 5.41) is 25.3. The van der Waals surface area contributed by atoms with Crippen LogP contribution in [0.15, 0.2) is 6.20 Å². The van der Waals surface area contributed by atoms with Crippen LogP contribution in [0.25, 0.3) is 0 Å². The zero-order valence-electron chi connectivity index (χ0n) is 68.4. The third-order valence-corrected chi connectivity index (χ3v) is 17.6. The number of rotatable bonds is 86. The van der Waals surface area contributed by atoms with E-state index in [1.165, 1.54) is 141 Å². The fourth-order valence-corrected chi connectivity index (χ4v) is 11.1. The number of hydrogen-bond acceptors (Lipinski definition) is 21. The number of amides is 7. The average molecular weight is 1560 g/mol. The van der Waals surface area contributed by atoms with Gasteiger partial charge in [-0.3, -0.25) is 38.2 Å². The van der Waals surface area contributed by atoms with E-state index in [1.54, 1.807) is 9.58 Å². The molecule has 0 aliphatic heterocycles. The van der Waals surface area contributed by atoms with Crippen LogP contribution in [0.3, 0.4) is 0 Å². The molecule has 0 spiro atoms. The maximum atomic E-state index is 13.4. The number of unbranched alkanes of at least 4 members (excludes halogenated alkanes) is 24. The maximum absolute atomic E-state index is 13.4. The quantitative estimate of drug-likeness (QED) is 0.0331. The monoisotopic (exact) mass is 1560 g/mol. The fraction of sp³-hybridized carbons (Fsp3) is 0.887. The van der Waals surface area contributed by atoms with Crippen LogP contribution in [0.2, 0.25) is 0 Å². The second-order valence-electron chi connectivity index (χ2n) is 27.6. The van der Waals surface area contributed by atoms with Crippen molar-refractivity contribution >= 4 is 41.4 Å². The first-order valence-corrected chi connectivity index (χ1v) is 42.2. The highest BCUT2D eigenvalue weighted by Gasteiger charge is 2.16. The molecule has 1 rings (SSSR count). The van der Waals surface area contributed by atoms with Crippen molar-refractivity contribution in [2.24, 2.45) is 0 Å². The Labute approximate surface area is 655 Å². The van der Waals surface area contributed by atoms with Crippen molar-refractivity contribution in [1.29, 1.82) is 0 Å². The minimum absolute atomic E-state index is 0.0572. The lowest BCUT2D eigenvalue weighted by Crippen LogP contribution is -2.37. The maximum Gasteiger partial charge on any atom is 0.224 e. The number of aryl methyl sites for hydroxylation is 1. The molecule has 6 N–H and O–H groups in total. The number of carbonyl (C=O) groups excluding carboxylic acids is 7. The van der Waals surface area contributed by atoms with Gasteiger partial charge in [0, 0.05) is 104 Å². The van der Waals surface area contributed by atoms with Crippen LogP contribution in [-0.4, -0.2) is 272 Å². The van der Waals surface area contributed by atoms with Gasteiger partial charge in [0.2, 0.25) is 41.4 Å². The van der Waals surface area contributed by atoms with Crippen LogP contribution in [-0.2, 0) is 96.9 Å².